The molecule has 0 radical (unpaired) electrons. The van der Waals surface area contributed by atoms with E-state index in [0.717, 1.165) is 22.4 Å². The third-order valence-electron chi connectivity index (χ3n) is 6.13. The zero-order valence-electron chi connectivity index (χ0n) is 16.3. The van der Waals surface area contributed by atoms with Crippen LogP contribution in [0.3, 0.4) is 0 Å². The van der Waals surface area contributed by atoms with Gasteiger partial charge in [-0.3, -0.25) is 9.59 Å². The van der Waals surface area contributed by atoms with E-state index >= 15 is 0 Å². The van der Waals surface area contributed by atoms with Crippen molar-refractivity contribution < 1.29 is 19.0 Å². The van der Waals surface area contributed by atoms with Gasteiger partial charge in [0, 0.05) is 36.6 Å². The molecule has 7 nitrogen and oxygen atoms in total. The summed E-state index contributed by atoms with van der Waals surface area (Å²) in [5.74, 6) is 1.86. The molecule has 0 aliphatic carbocycles. The van der Waals surface area contributed by atoms with Crippen LogP contribution in [-0.2, 0) is 23.8 Å². The van der Waals surface area contributed by atoms with Crippen molar-refractivity contribution in [2.75, 3.05) is 18.3 Å². The van der Waals surface area contributed by atoms with Crippen molar-refractivity contribution in [2.24, 2.45) is 7.05 Å². The Labute approximate surface area is 172 Å². The van der Waals surface area contributed by atoms with Crippen molar-refractivity contribution in [3.05, 3.63) is 81.8 Å². The molecule has 1 spiro atoms. The first-order valence-electron chi connectivity index (χ1n) is 9.72. The lowest BCUT2D eigenvalue weighted by atomic mass is 9.77. The number of fused-ring (bicyclic) bond motifs is 5. The number of pyridine rings is 1. The standard InChI is InChI=1S/C23H18N2O5/c1-24-10-14(6-7-21(24)26)11-25-17-5-3-2-4-15(17)23(22(25)27)12-28-18-9-20-19(8-16(18)23)29-13-30-20/h2-10H,11-13H2,1H3. The van der Waals surface area contributed by atoms with Gasteiger partial charge in [-0.05, 0) is 23.3 Å². The number of hydrogen-bond acceptors (Lipinski definition) is 5. The van der Waals surface area contributed by atoms with Crippen LogP contribution in [0, 0.1) is 0 Å². The molecule has 3 aromatic rings. The van der Waals surface area contributed by atoms with E-state index < -0.39 is 5.41 Å². The van der Waals surface area contributed by atoms with Crippen LogP contribution in [0.1, 0.15) is 16.7 Å². The molecule has 2 aromatic carbocycles. The van der Waals surface area contributed by atoms with Crippen molar-refractivity contribution in [3.8, 4) is 17.2 Å². The Morgan fingerprint density at radius 2 is 1.73 bits per heavy atom. The van der Waals surface area contributed by atoms with Crippen molar-refractivity contribution in [1.82, 2.24) is 4.57 Å². The van der Waals surface area contributed by atoms with Crippen LogP contribution in [0.25, 0.3) is 0 Å². The Balaban J connectivity index is 1.49. The number of hydrogen-bond donors (Lipinski definition) is 0. The molecule has 0 fully saturated rings. The van der Waals surface area contributed by atoms with E-state index in [1.54, 1.807) is 30.3 Å². The van der Waals surface area contributed by atoms with E-state index in [4.69, 9.17) is 14.2 Å². The summed E-state index contributed by atoms with van der Waals surface area (Å²) in [6.07, 6.45) is 1.76. The Hall–Kier alpha value is -3.74. The number of aromatic nitrogens is 1. The van der Waals surface area contributed by atoms with Crippen LogP contribution in [-0.4, -0.2) is 23.9 Å². The topological polar surface area (TPSA) is 70.0 Å². The summed E-state index contributed by atoms with van der Waals surface area (Å²) < 4.78 is 18.5. The molecule has 1 unspecified atom stereocenters. The monoisotopic (exact) mass is 402 g/mol. The average molecular weight is 402 g/mol. The number of anilines is 1. The first kappa shape index (κ1) is 17.1. The van der Waals surface area contributed by atoms with E-state index in [9.17, 15) is 9.59 Å². The molecule has 3 aliphatic heterocycles. The summed E-state index contributed by atoms with van der Waals surface area (Å²) in [6.45, 7) is 0.755. The van der Waals surface area contributed by atoms with Crippen LogP contribution in [0.4, 0.5) is 5.69 Å². The third-order valence-corrected chi connectivity index (χ3v) is 6.13. The molecule has 1 aromatic heterocycles. The number of amides is 1. The smallest absolute Gasteiger partial charge is 0.250 e. The second-order valence-corrected chi connectivity index (χ2v) is 7.79. The lowest BCUT2D eigenvalue weighted by Crippen LogP contribution is -2.42. The van der Waals surface area contributed by atoms with Gasteiger partial charge in [-0.15, -0.1) is 0 Å². The van der Waals surface area contributed by atoms with Crippen LogP contribution < -0.4 is 24.7 Å². The largest absolute Gasteiger partial charge is 0.491 e. The fourth-order valence-electron chi connectivity index (χ4n) is 4.65. The molecule has 3 aliphatic rings. The number of para-hydroxylation sites is 1. The third kappa shape index (κ3) is 2.14. The number of carbonyl (C=O) groups excluding carboxylic acids is 1. The normalized spacial score (nSPS) is 20.4. The lowest BCUT2D eigenvalue weighted by molar-refractivity contribution is -0.122. The summed E-state index contributed by atoms with van der Waals surface area (Å²) in [5.41, 5.74) is 2.43. The van der Waals surface area contributed by atoms with Gasteiger partial charge >= 0.3 is 0 Å². The first-order chi connectivity index (χ1) is 14.6. The fraction of sp³-hybridized carbons (Fsp3) is 0.217. The second kappa shape index (κ2) is 5.89. The van der Waals surface area contributed by atoms with Gasteiger partial charge in [-0.1, -0.05) is 24.3 Å². The number of ether oxygens (including phenoxy) is 3. The maximum absolute atomic E-state index is 13.9. The Morgan fingerprint density at radius 1 is 0.933 bits per heavy atom. The minimum absolute atomic E-state index is 0.0461. The highest BCUT2D eigenvalue weighted by atomic mass is 16.7. The van der Waals surface area contributed by atoms with Gasteiger partial charge in [0.1, 0.15) is 17.8 Å². The number of nitrogens with zero attached hydrogens (tertiary/aromatic N) is 2. The number of carbonyl (C=O) groups is 1. The van der Waals surface area contributed by atoms with Gasteiger partial charge in [-0.25, -0.2) is 0 Å². The molecule has 150 valence electrons. The first-order valence-corrected chi connectivity index (χ1v) is 9.72. The summed E-state index contributed by atoms with van der Waals surface area (Å²) in [7, 11) is 1.71. The number of aryl methyl sites for hydroxylation is 1. The van der Waals surface area contributed by atoms with Gasteiger partial charge in [0.05, 0.1) is 6.54 Å². The Bertz CT molecular complexity index is 1280. The van der Waals surface area contributed by atoms with E-state index in [1.807, 2.05) is 30.3 Å². The Morgan fingerprint density at radius 3 is 2.57 bits per heavy atom. The molecular formula is C23H18N2O5. The van der Waals surface area contributed by atoms with Gasteiger partial charge in [0.2, 0.25) is 18.3 Å². The van der Waals surface area contributed by atoms with Crippen LogP contribution in [0.15, 0.2) is 59.5 Å². The summed E-state index contributed by atoms with van der Waals surface area (Å²) in [5, 5.41) is 0. The number of rotatable bonds is 2. The summed E-state index contributed by atoms with van der Waals surface area (Å²) in [6, 6.07) is 14.8. The number of benzene rings is 2. The molecule has 30 heavy (non-hydrogen) atoms. The van der Waals surface area contributed by atoms with Crippen LogP contribution in [0.5, 0.6) is 17.2 Å². The Kier molecular flexibility index (Phi) is 3.36. The van der Waals surface area contributed by atoms with Crippen molar-refractivity contribution in [1.29, 1.82) is 0 Å². The molecule has 6 rings (SSSR count). The van der Waals surface area contributed by atoms with Crippen LogP contribution >= 0.6 is 0 Å². The highest BCUT2D eigenvalue weighted by Crippen LogP contribution is 2.55. The van der Waals surface area contributed by atoms with Gasteiger partial charge in [0.25, 0.3) is 0 Å². The minimum Gasteiger partial charge on any atom is -0.491 e. The predicted octanol–water partition coefficient (Wildman–Crippen LogP) is 2.34. The lowest BCUT2D eigenvalue weighted by Gasteiger charge is -2.23. The SMILES string of the molecule is Cn1cc(CN2C(=O)C3(COc4cc5c(cc43)OCO5)c3ccccc32)ccc1=O. The molecule has 0 saturated carbocycles. The van der Waals surface area contributed by atoms with Crippen LogP contribution in [0.2, 0.25) is 0 Å². The molecule has 1 amide bonds. The van der Waals surface area contributed by atoms with Gasteiger partial charge < -0.3 is 23.7 Å². The van der Waals surface area contributed by atoms with Gasteiger partial charge in [-0.2, -0.15) is 0 Å². The maximum Gasteiger partial charge on any atom is 0.250 e. The summed E-state index contributed by atoms with van der Waals surface area (Å²) >= 11 is 0. The minimum atomic E-state index is -0.923. The van der Waals surface area contributed by atoms with E-state index in [-0.39, 0.29) is 24.9 Å². The van der Waals surface area contributed by atoms with E-state index in [2.05, 4.69) is 0 Å². The fourth-order valence-corrected chi connectivity index (χ4v) is 4.65. The molecule has 0 bridgehead atoms. The molecule has 1 atom stereocenters. The molecular weight excluding hydrogens is 384 g/mol. The van der Waals surface area contributed by atoms with E-state index in [0.29, 0.717) is 23.8 Å². The maximum atomic E-state index is 13.9. The second-order valence-electron chi connectivity index (χ2n) is 7.79. The van der Waals surface area contributed by atoms with Crippen molar-refractivity contribution in [3.63, 3.8) is 0 Å². The zero-order valence-corrected chi connectivity index (χ0v) is 16.3. The summed E-state index contributed by atoms with van der Waals surface area (Å²) in [4.78, 5) is 27.4. The molecule has 0 saturated heterocycles. The molecule has 0 N–H and O–H groups in total. The predicted molar refractivity (Wildman–Crippen MR) is 108 cm³/mol. The van der Waals surface area contributed by atoms with Crippen molar-refractivity contribution >= 4 is 11.6 Å². The van der Waals surface area contributed by atoms with E-state index in [1.165, 1.54) is 10.6 Å². The molecule has 4 heterocycles. The van der Waals surface area contributed by atoms with Crippen molar-refractivity contribution in [2.45, 2.75) is 12.0 Å². The van der Waals surface area contributed by atoms with Gasteiger partial charge in [0.15, 0.2) is 11.5 Å². The highest BCUT2D eigenvalue weighted by Gasteiger charge is 2.57. The average Bonchev–Trinajstić information content (AvgIpc) is 3.42. The quantitative estimate of drug-likeness (QED) is 0.658. The highest BCUT2D eigenvalue weighted by molar-refractivity contribution is 6.11. The molecule has 7 heteroatoms. The zero-order chi connectivity index (χ0) is 20.5.